The fraction of sp³-hybridized carbons (Fsp3) is 0.500. The van der Waals surface area contributed by atoms with Gasteiger partial charge in [-0.05, 0) is 18.9 Å². The molecular formula is C14H21N3. The lowest BCUT2D eigenvalue weighted by molar-refractivity contribution is 0.431. The van der Waals surface area contributed by atoms with Gasteiger partial charge in [-0.15, -0.1) is 0 Å². The SMILES string of the molecule is CC(Cc1ccccc1)NCCN1C=NCC1. The second-order valence-electron chi connectivity index (χ2n) is 4.60. The van der Waals surface area contributed by atoms with E-state index in [-0.39, 0.29) is 0 Å². The minimum absolute atomic E-state index is 0.525. The van der Waals surface area contributed by atoms with Crippen molar-refractivity contribution < 1.29 is 0 Å². The zero-order valence-electron chi connectivity index (χ0n) is 10.5. The van der Waals surface area contributed by atoms with Crippen molar-refractivity contribution in [2.45, 2.75) is 19.4 Å². The van der Waals surface area contributed by atoms with Gasteiger partial charge in [0.15, 0.2) is 0 Å². The highest BCUT2D eigenvalue weighted by molar-refractivity contribution is 5.56. The van der Waals surface area contributed by atoms with E-state index in [1.165, 1.54) is 5.56 Å². The van der Waals surface area contributed by atoms with E-state index < -0.39 is 0 Å². The first-order valence-corrected chi connectivity index (χ1v) is 6.36. The highest BCUT2D eigenvalue weighted by Crippen LogP contribution is 2.02. The fourth-order valence-corrected chi connectivity index (χ4v) is 2.08. The Bertz CT molecular complexity index is 348. The number of hydrogen-bond acceptors (Lipinski definition) is 3. The first kappa shape index (κ1) is 12.1. The van der Waals surface area contributed by atoms with Crippen molar-refractivity contribution in [1.29, 1.82) is 0 Å². The number of aliphatic imine (C=N–C) groups is 1. The van der Waals surface area contributed by atoms with E-state index in [0.717, 1.165) is 32.6 Å². The molecule has 1 unspecified atom stereocenters. The van der Waals surface area contributed by atoms with Crippen LogP contribution in [0, 0.1) is 0 Å². The van der Waals surface area contributed by atoms with Crippen molar-refractivity contribution in [3.63, 3.8) is 0 Å². The number of benzene rings is 1. The quantitative estimate of drug-likeness (QED) is 0.804. The van der Waals surface area contributed by atoms with Crippen LogP contribution >= 0.6 is 0 Å². The molecule has 1 aromatic rings. The molecule has 1 aliphatic heterocycles. The van der Waals surface area contributed by atoms with Crippen molar-refractivity contribution in [1.82, 2.24) is 10.2 Å². The van der Waals surface area contributed by atoms with E-state index in [1.807, 2.05) is 6.34 Å². The topological polar surface area (TPSA) is 27.6 Å². The smallest absolute Gasteiger partial charge is 0.0851 e. The van der Waals surface area contributed by atoms with Crippen LogP contribution in [-0.2, 0) is 6.42 Å². The zero-order chi connectivity index (χ0) is 11.9. The Balaban J connectivity index is 1.64. The van der Waals surface area contributed by atoms with E-state index in [1.54, 1.807) is 0 Å². The van der Waals surface area contributed by atoms with Gasteiger partial charge in [0.2, 0.25) is 0 Å². The summed E-state index contributed by atoms with van der Waals surface area (Å²) in [5.41, 5.74) is 1.40. The van der Waals surface area contributed by atoms with E-state index >= 15 is 0 Å². The van der Waals surface area contributed by atoms with Gasteiger partial charge >= 0.3 is 0 Å². The first-order chi connectivity index (χ1) is 8.34. The van der Waals surface area contributed by atoms with Crippen molar-refractivity contribution in [3.05, 3.63) is 35.9 Å². The molecule has 0 fully saturated rings. The molecular weight excluding hydrogens is 210 g/mol. The maximum absolute atomic E-state index is 4.20. The largest absolute Gasteiger partial charge is 0.360 e. The van der Waals surface area contributed by atoms with Crippen LogP contribution in [-0.4, -0.2) is 43.5 Å². The average molecular weight is 231 g/mol. The lowest BCUT2D eigenvalue weighted by Crippen LogP contribution is -2.35. The number of nitrogens with one attached hydrogen (secondary N) is 1. The highest BCUT2D eigenvalue weighted by Gasteiger charge is 2.06. The Labute approximate surface area is 104 Å². The van der Waals surface area contributed by atoms with Crippen LogP contribution in [0.5, 0.6) is 0 Å². The van der Waals surface area contributed by atoms with Gasteiger partial charge in [-0.1, -0.05) is 30.3 Å². The molecule has 1 N–H and O–H groups in total. The summed E-state index contributed by atoms with van der Waals surface area (Å²) < 4.78 is 0. The third-order valence-corrected chi connectivity index (χ3v) is 3.04. The summed E-state index contributed by atoms with van der Waals surface area (Å²) in [6.45, 7) is 6.36. The maximum atomic E-state index is 4.20. The molecule has 1 aliphatic rings. The second kappa shape index (κ2) is 6.40. The van der Waals surface area contributed by atoms with Gasteiger partial charge < -0.3 is 10.2 Å². The van der Waals surface area contributed by atoms with E-state index in [2.05, 4.69) is 52.5 Å². The Morgan fingerprint density at radius 1 is 1.35 bits per heavy atom. The van der Waals surface area contributed by atoms with Gasteiger partial charge in [-0.2, -0.15) is 0 Å². The molecule has 0 amide bonds. The van der Waals surface area contributed by atoms with Gasteiger partial charge in [-0.3, -0.25) is 4.99 Å². The van der Waals surface area contributed by atoms with Gasteiger partial charge in [0.05, 0.1) is 12.9 Å². The standard InChI is InChI=1S/C14H21N3/c1-13(11-14-5-3-2-4-6-14)16-8-10-17-9-7-15-12-17/h2-6,12-13,16H,7-11H2,1H3. The van der Waals surface area contributed by atoms with E-state index in [9.17, 15) is 0 Å². The molecule has 92 valence electrons. The normalized spacial score (nSPS) is 16.4. The summed E-state index contributed by atoms with van der Waals surface area (Å²) in [6.07, 6.45) is 3.05. The Kier molecular flexibility index (Phi) is 4.56. The van der Waals surface area contributed by atoms with Crippen molar-refractivity contribution >= 4 is 6.34 Å². The number of hydrogen-bond donors (Lipinski definition) is 1. The summed E-state index contributed by atoms with van der Waals surface area (Å²) >= 11 is 0. The fourth-order valence-electron chi connectivity index (χ4n) is 2.08. The van der Waals surface area contributed by atoms with Crippen LogP contribution in [0.2, 0.25) is 0 Å². The van der Waals surface area contributed by atoms with Crippen LogP contribution in [0.4, 0.5) is 0 Å². The predicted octanol–water partition coefficient (Wildman–Crippen LogP) is 1.55. The zero-order valence-corrected chi connectivity index (χ0v) is 10.5. The Morgan fingerprint density at radius 3 is 2.88 bits per heavy atom. The monoisotopic (exact) mass is 231 g/mol. The predicted molar refractivity (Wildman–Crippen MR) is 72.5 cm³/mol. The first-order valence-electron chi connectivity index (χ1n) is 6.36. The lowest BCUT2D eigenvalue weighted by atomic mass is 10.1. The molecule has 1 heterocycles. The molecule has 1 aromatic carbocycles. The third kappa shape index (κ3) is 4.19. The van der Waals surface area contributed by atoms with Crippen LogP contribution < -0.4 is 5.32 Å². The van der Waals surface area contributed by atoms with Gasteiger partial charge in [0.1, 0.15) is 0 Å². The average Bonchev–Trinajstić information content (AvgIpc) is 2.83. The van der Waals surface area contributed by atoms with Gasteiger partial charge in [0.25, 0.3) is 0 Å². The number of nitrogens with zero attached hydrogens (tertiary/aromatic N) is 2. The molecule has 2 rings (SSSR count). The molecule has 0 radical (unpaired) electrons. The molecule has 3 nitrogen and oxygen atoms in total. The Hall–Kier alpha value is -1.35. The second-order valence-corrected chi connectivity index (χ2v) is 4.60. The maximum Gasteiger partial charge on any atom is 0.0851 e. The van der Waals surface area contributed by atoms with Crippen molar-refractivity contribution in [2.75, 3.05) is 26.2 Å². The molecule has 3 heteroatoms. The summed E-state index contributed by atoms with van der Waals surface area (Å²) in [7, 11) is 0. The molecule has 17 heavy (non-hydrogen) atoms. The molecule has 0 spiro atoms. The summed E-state index contributed by atoms with van der Waals surface area (Å²) in [6, 6.07) is 11.2. The van der Waals surface area contributed by atoms with Crippen LogP contribution in [0.1, 0.15) is 12.5 Å². The molecule has 0 bridgehead atoms. The number of rotatable bonds is 6. The van der Waals surface area contributed by atoms with Crippen LogP contribution in [0.3, 0.4) is 0 Å². The molecule has 1 atom stereocenters. The Morgan fingerprint density at radius 2 is 2.18 bits per heavy atom. The minimum Gasteiger partial charge on any atom is -0.360 e. The molecule has 0 saturated heterocycles. The molecule has 0 saturated carbocycles. The minimum atomic E-state index is 0.525. The molecule has 0 aromatic heterocycles. The summed E-state index contributed by atoms with van der Waals surface area (Å²) in [5.74, 6) is 0. The highest BCUT2D eigenvalue weighted by atomic mass is 15.2. The van der Waals surface area contributed by atoms with Gasteiger partial charge in [0, 0.05) is 25.7 Å². The van der Waals surface area contributed by atoms with Gasteiger partial charge in [-0.25, -0.2) is 0 Å². The van der Waals surface area contributed by atoms with Crippen molar-refractivity contribution in [2.24, 2.45) is 4.99 Å². The summed E-state index contributed by atoms with van der Waals surface area (Å²) in [4.78, 5) is 6.47. The van der Waals surface area contributed by atoms with Crippen LogP contribution in [0.15, 0.2) is 35.3 Å². The lowest BCUT2D eigenvalue weighted by Gasteiger charge is -2.17. The molecule has 0 aliphatic carbocycles. The van der Waals surface area contributed by atoms with E-state index in [4.69, 9.17) is 0 Å². The van der Waals surface area contributed by atoms with Crippen molar-refractivity contribution in [3.8, 4) is 0 Å². The van der Waals surface area contributed by atoms with E-state index in [0.29, 0.717) is 6.04 Å². The van der Waals surface area contributed by atoms with Crippen LogP contribution in [0.25, 0.3) is 0 Å². The third-order valence-electron chi connectivity index (χ3n) is 3.04. The summed E-state index contributed by atoms with van der Waals surface area (Å²) in [5, 5.41) is 3.55.